The number of benzene rings is 3. The molecule has 11 nitrogen and oxygen atoms in total. The molecule has 1 saturated heterocycles. The molecule has 1 aromatic heterocycles. The lowest BCUT2D eigenvalue weighted by Crippen LogP contribution is -2.81. The highest BCUT2D eigenvalue weighted by atomic mass is 32.2. The fourth-order valence-electron chi connectivity index (χ4n) is 10.2. The van der Waals surface area contributed by atoms with E-state index >= 15 is 0 Å². The van der Waals surface area contributed by atoms with E-state index in [0.717, 1.165) is 16.6 Å². The number of likely N-dealkylation sites (N-methyl/N-ethyl adjacent to an activating group) is 1. The minimum atomic E-state index is -4.09. The summed E-state index contributed by atoms with van der Waals surface area (Å²) in [5.74, 6) is -1.08. The van der Waals surface area contributed by atoms with Gasteiger partial charge in [0.25, 0.3) is 10.0 Å². The van der Waals surface area contributed by atoms with E-state index in [1.54, 1.807) is 36.4 Å². The van der Waals surface area contributed by atoms with E-state index in [-0.39, 0.29) is 10.9 Å². The zero-order valence-electron chi connectivity index (χ0n) is 29.2. The molecule has 0 unspecified atom stereocenters. The summed E-state index contributed by atoms with van der Waals surface area (Å²) >= 11 is 0. The molecule has 0 amide bonds. The Balaban J connectivity index is 1.44. The van der Waals surface area contributed by atoms with Crippen LogP contribution in [0, 0.1) is 5.41 Å². The van der Waals surface area contributed by atoms with E-state index in [1.807, 2.05) is 67.4 Å². The molecule has 0 bridgehead atoms. The lowest BCUT2D eigenvalue weighted by Gasteiger charge is -2.63. The van der Waals surface area contributed by atoms with Crippen LogP contribution >= 0.6 is 0 Å². The van der Waals surface area contributed by atoms with Crippen molar-refractivity contribution in [1.82, 2.24) is 8.87 Å². The van der Waals surface area contributed by atoms with Crippen molar-refractivity contribution < 1.29 is 37.3 Å². The molecule has 3 aromatic carbocycles. The summed E-state index contributed by atoms with van der Waals surface area (Å²) in [7, 11) is 0.509. The third-order valence-electron chi connectivity index (χ3n) is 12.0. The van der Waals surface area contributed by atoms with Crippen molar-refractivity contribution in [3.63, 3.8) is 0 Å². The van der Waals surface area contributed by atoms with Crippen LogP contribution in [0.2, 0.25) is 0 Å². The molecule has 4 aliphatic rings. The van der Waals surface area contributed by atoms with Gasteiger partial charge in [0, 0.05) is 60.1 Å². The van der Waals surface area contributed by atoms with E-state index in [1.165, 1.54) is 25.1 Å². The highest BCUT2D eigenvalue weighted by molar-refractivity contribution is 7.90. The maximum Gasteiger partial charge on any atom is 0.344 e. The number of methoxy groups -OCH3 is 2. The van der Waals surface area contributed by atoms with E-state index < -0.39 is 50.5 Å². The third-order valence-corrected chi connectivity index (χ3v) is 13.7. The van der Waals surface area contributed by atoms with Gasteiger partial charge in [-0.25, -0.2) is 17.2 Å². The number of carbonyl (C=O) groups is 2. The first-order valence-corrected chi connectivity index (χ1v) is 18.6. The number of ether oxygens (including phenoxy) is 3. The van der Waals surface area contributed by atoms with Crippen LogP contribution in [-0.4, -0.2) is 92.5 Å². The fraction of sp³-hybridized carbons (Fsp3) is 0.385. The number of para-hydroxylation sites is 1. The van der Waals surface area contributed by atoms with Crippen LogP contribution in [0.3, 0.4) is 0 Å². The average Bonchev–Trinajstić information content (AvgIpc) is 3.80. The van der Waals surface area contributed by atoms with Crippen LogP contribution in [0.5, 0.6) is 5.75 Å². The van der Waals surface area contributed by atoms with Gasteiger partial charge in [-0.3, -0.25) is 9.69 Å². The predicted octanol–water partition coefficient (Wildman–Crippen LogP) is 4.50. The normalized spacial score (nSPS) is 29.4. The Morgan fingerprint density at radius 2 is 1.73 bits per heavy atom. The second kappa shape index (κ2) is 11.4. The van der Waals surface area contributed by atoms with E-state index in [2.05, 4.69) is 4.90 Å². The lowest BCUT2D eigenvalue weighted by molar-refractivity contribution is -0.228. The van der Waals surface area contributed by atoms with Gasteiger partial charge >= 0.3 is 11.9 Å². The van der Waals surface area contributed by atoms with Crippen LogP contribution < -0.4 is 9.64 Å². The molecule has 0 radical (unpaired) electrons. The number of rotatable bonds is 7. The predicted molar refractivity (Wildman–Crippen MR) is 191 cm³/mol. The number of esters is 2. The highest BCUT2D eigenvalue weighted by Crippen LogP contribution is 2.68. The number of carbonyl (C=O) groups excluding carboxylic acids is 2. The molecule has 1 aliphatic carbocycles. The smallest absolute Gasteiger partial charge is 0.344 e. The molecule has 1 saturated carbocycles. The number of anilines is 1. The highest BCUT2D eigenvalue weighted by Gasteiger charge is 2.80. The third kappa shape index (κ3) is 4.21. The molecule has 1 N–H and O–H groups in total. The summed E-state index contributed by atoms with van der Waals surface area (Å²) in [5.41, 5.74) is -1.06. The van der Waals surface area contributed by atoms with Gasteiger partial charge in [0.05, 0.1) is 36.4 Å². The van der Waals surface area contributed by atoms with Gasteiger partial charge in [-0.1, -0.05) is 55.5 Å². The van der Waals surface area contributed by atoms with E-state index in [4.69, 9.17) is 14.2 Å². The Morgan fingerprint density at radius 1 is 1.00 bits per heavy atom. The van der Waals surface area contributed by atoms with E-state index in [9.17, 15) is 23.1 Å². The van der Waals surface area contributed by atoms with Crippen molar-refractivity contribution in [3.8, 4) is 17.0 Å². The second-order valence-electron chi connectivity index (χ2n) is 14.1. The molecule has 3 aliphatic heterocycles. The lowest BCUT2D eigenvalue weighted by atomic mass is 9.47. The van der Waals surface area contributed by atoms with Crippen molar-refractivity contribution >= 4 is 38.6 Å². The van der Waals surface area contributed by atoms with Gasteiger partial charge in [-0.2, -0.15) is 0 Å². The molecule has 6 atom stereocenters. The Morgan fingerprint density at radius 3 is 2.41 bits per heavy atom. The summed E-state index contributed by atoms with van der Waals surface area (Å²) in [6.07, 6.45) is 3.83. The van der Waals surface area contributed by atoms with Crippen molar-refractivity contribution in [2.24, 2.45) is 5.41 Å². The van der Waals surface area contributed by atoms with Gasteiger partial charge in [0.1, 0.15) is 5.75 Å². The SMILES string of the molecule is CC[C@]12C=CCN3CC[C@@]4(c5cc(-c6cc7ccccc7n6S(=O)(=O)c6ccccc6)c(OC)cc5N(C)[C@H]4[C@@](O)(C(=O)OC)[C@@H]1OC(C)=O)[C@@H]32. The number of fused-ring (bicyclic) bond motifs is 2. The zero-order chi connectivity index (χ0) is 36.1. The minimum Gasteiger partial charge on any atom is -0.496 e. The first-order valence-electron chi connectivity index (χ1n) is 17.2. The molecule has 2 fully saturated rings. The summed E-state index contributed by atoms with van der Waals surface area (Å²) in [5, 5.41) is 13.8. The Bertz CT molecular complexity index is 2230. The minimum absolute atomic E-state index is 0.145. The van der Waals surface area contributed by atoms with Crippen molar-refractivity contribution in [2.45, 2.75) is 60.8 Å². The molecule has 8 rings (SSSR count). The maximum atomic E-state index is 14.5. The average molecular weight is 712 g/mol. The largest absolute Gasteiger partial charge is 0.496 e. The van der Waals surface area contributed by atoms with Crippen LogP contribution in [0.1, 0.15) is 32.3 Å². The van der Waals surface area contributed by atoms with Gasteiger partial charge in [-0.15, -0.1) is 0 Å². The zero-order valence-corrected chi connectivity index (χ0v) is 30.0. The Hall–Kier alpha value is -4.65. The van der Waals surface area contributed by atoms with Gasteiger partial charge in [0.15, 0.2) is 6.10 Å². The first-order chi connectivity index (χ1) is 24.4. The van der Waals surface area contributed by atoms with Gasteiger partial charge < -0.3 is 24.2 Å². The van der Waals surface area contributed by atoms with Crippen molar-refractivity contribution in [3.05, 3.63) is 90.5 Å². The molecule has 51 heavy (non-hydrogen) atoms. The summed E-state index contributed by atoms with van der Waals surface area (Å²) < 4.78 is 47.8. The number of nitrogens with zero attached hydrogens (tertiary/aromatic N) is 3. The summed E-state index contributed by atoms with van der Waals surface area (Å²) in [4.78, 5) is 31.3. The van der Waals surface area contributed by atoms with Gasteiger partial charge in [-0.05, 0) is 55.3 Å². The van der Waals surface area contributed by atoms with Crippen molar-refractivity contribution in [2.75, 3.05) is 39.3 Å². The monoisotopic (exact) mass is 711 g/mol. The summed E-state index contributed by atoms with van der Waals surface area (Å²) in [6, 6.07) is 20.2. The number of aliphatic hydroxyl groups is 1. The van der Waals surface area contributed by atoms with Crippen LogP contribution in [0.15, 0.2) is 89.8 Å². The molecule has 1 spiro atoms. The van der Waals surface area contributed by atoms with Crippen LogP contribution in [0.4, 0.5) is 5.69 Å². The van der Waals surface area contributed by atoms with E-state index in [0.29, 0.717) is 48.5 Å². The molecule has 4 aromatic rings. The standard InChI is InChI=1S/C39H41N3O8S/c1-6-37-17-12-19-41-20-18-38(33(37)41)28-22-27(30-21-25-13-10-11-16-29(25)42(30)51(46,47)26-14-8-7-9-15-26)32(48-4)23-31(28)40(3)34(38)39(45,36(44)49-5)35(37)50-24(2)43/h7-17,21-23,33-35,45H,6,18-20H2,1-5H3/t33-,34+,35+,37+,38+,39-/m0/s1. The number of aromatic nitrogens is 1. The molecular formula is C39H41N3O8S. The summed E-state index contributed by atoms with van der Waals surface area (Å²) in [6.45, 7) is 4.58. The maximum absolute atomic E-state index is 14.5. The van der Waals surface area contributed by atoms with Crippen LogP contribution in [-0.2, 0) is 34.5 Å². The number of hydrogen-bond donors (Lipinski definition) is 1. The molecule has 12 heteroatoms. The topological polar surface area (TPSA) is 128 Å². The Kier molecular flexibility index (Phi) is 7.50. The Labute approximate surface area is 297 Å². The second-order valence-corrected chi connectivity index (χ2v) is 15.9. The van der Waals surface area contributed by atoms with Crippen LogP contribution in [0.25, 0.3) is 22.2 Å². The van der Waals surface area contributed by atoms with Gasteiger partial charge in [0.2, 0.25) is 5.60 Å². The van der Waals surface area contributed by atoms with Crippen molar-refractivity contribution in [1.29, 1.82) is 0 Å². The fourth-order valence-corrected chi connectivity index (χ4v) is 11.8. The molecule has 266 valence electrons. The first kappa shape index (κ1) is 33.5. The molecular weight excluding hydrogens is 671 g/mol. The quantitative estimate of drug-likeness (QED) is 0.216. The number of hydrogen-bond acceptors (Lipinski definition) is 10. The molecule has 4 heterocycles.